The lowest BCUT2D eigenvalue weighted by atomic mass is 10.2. The van der Waals surface area contributed by atoms with Gasteiger partial charge in [-0.2, -0.15) is 0 Å². The zero-order chi connectivity index (χ0) is 12.9. The Morgan fingerprint density at radius 3 is 2.33 bits per heavy atom. The predicted octanol–water partition coefficient (Wildman–Crippen LogP) is -0.112. The van der Waals surface area contributed by atoms with Crippen LogP contribution < -0.4 is 5.32 Å². The van der Waals surface area contributed by atoms with Crippen molar-refractivity contribution in [3.05, 3.63) is 0 Å². The van der Waals surface area contributed by atoms with Crippen molar-refractivity contribution in [2.24, 2.45) is 0 Å². The van der Waals surface area contributed by atoms with Crippen LogP contribution in [0.15, 0.2) is 0 Å². The molecule has 5 nitrogen and oxygen atoms in total. The largest absolute Gasteiger partial charge is 0.390 e. The van der Waals surface area contributed by atoms with Crippen LogP contribution >= 0.6 is 12.4 Å². The third-order valence-corrected chi connectivity index (χ3v) is 4.99. The van der Waals surface area contributed by atoms with Crippen LogP contribution in [0.25, 0.3) is 0 Å². The molecule has 18 heavy (non-hydrogen) atoms. The topological polar surface area (TPSA) is 69.6 Å². The standard InChI is InChI=1S/C11H24N2O3S.ClH/c1-3-13(4-2)7-5-6-12-10-8-17(15,16)9-11(10)14;/h10-12,14H,3-9H2,1-2H3;1H. The molecule has 0 amide bonds. The highest BCUT2D eigenvalue weighted by Crippen LogP contribution is 2.12. The van der Waals surface area contributed by atoms with E-state index >= 15 is 0 Å². The Kier molecular flexibility index (Phi) is 8.38. The maximum absolute atomic E-state index is 11.3. The van der Waals surface area contributed by atoms with Crippen molar-refractivity contribution in [3.63, 3.8) is 0 Å². The molecule has 2 atom stereocenters. The van der Waals surface area contributed by atoms with Crippen molar-refractivity contribution in [1.82, 2.24) is 10.2 Å². The first-order chi connectivity index (χ1) is 7.98. The van der Waals surface area contributed by atoms with Gasteiger partial charge in [0.05, 0.1) is 17.6 Å². The first-order valence-corrected chi connectivity index (χ1v) is 8.15. The quantitative estimate of drug-likeness (QED) is 0.642. The number of halogens is 1. The highest BCUT2D eigenvalue weighted by Gasteiger charge is 2.35. The van der Waals surface area contributed by atoms with Gasteiger partial charge in [0.15, 0.2) is 9.84 Å². The van der Waals surface area contributed by atoms with Crippen molar-refractivity contribution in [2.75, 3.05) is 37.7 Å². The van der Waals surface area contributed by atoms with E-state index in [0.717, 1.165) is 32.6 Å². The highest BCUT2D eigenvalue weighted by molar-refractivity contribution is 7.91. The second-order valence-corrected chi connectivity index (χ2v) is 6.74. The van der Waals surface area contributed by atoms with Gasteiger partial charge in [-0.25, -0.2) is 8.42 Å². The van der Waals surface area contributed by atoms with Crippen LogP contribution in [-0.4, -0.2) is 68.3 Å². The summed E-state index contributed by atoms with van der Waals surface area (Å²) in [4.78, 5) is 2.32. The minimum absolute atomic E-state index is 0. The molecule has 1 aliphatic rings. The Hall–Kier alpha value is 0.120. The number of rotatable bonds is 7. The van der Waals surface area contributed by atoms with Gasteiger partial charge in [-0.3, -0.25) is 0 Å². The summed E-state index contributed by atoms with van der Waals surface area (Å²) >= 11 is 0. The molecule has 2 unspecified atom stereocenters. The number of aliphatic hydroxyl groups is 1. The fourth-order valence-corrected chi connectivity index (χ4v) is 3.93. The van der Waals surface area contributed by atoms with E-state index in [2.05, 4.69) is 24.1 Å². The summed E-state index contributed by atoms with van der Waals surface area (Å²) in [5.74, 6) is -0.0276. The second kappa shape index (κ2) is 8.32. The van der Waals surface area contributed by atoms with Gasteiger partial charge < -0.3 is 15.3 Å². The average molecular weight is 301 g/mol. The van der Waals surface area contributed by atoms with E-state index in [4.69, 9.17) is 0 Å². The lowest BCUT2D eigenvalue weighted by Gasteiger charge is -2.19. The van der Waals surface area contributed by atoms with Gasteiger partial charge in [0.1, 0.15) is 0 Å². The van der Waals surface area contributed by atoms with Crippen molar-refractivity contribution in [3.8, 4) is 0 Å². The summed E-state index contributed by atoms with van der Waals surface area (Å²) in [6.45, 7) is 8.10. The summed E-state index contributed by atoms with van der Waals surface area (Å²) in [7, 11) is -3.03. The minimum Gasteiger partial charge on any atom is -0.390 e. The van der Waals surface area contributed by atoms with Gasteiger partial charge >= 0.3 is 0 Å². The molecule has 1 fully saturated rings. The van der Waals surface area contributed by atoms with Crippen LogP contribution in [0.5, 0.6) is 0 Å². The third-order valence-electron chi connectivity index (χ3n) is 3.27. The molecule has 0 aromatic carbocycles. The summed E-state index contributed by atoms with van der Waals surface area (Å²) in [6, 6.07) is -0.281. The van der Waals surface area contributed by atoms with E-state index in [1.165, 1.54) is 0 Å². The summed E-state index contributed by atoms with van der Waals surface area (Å²) < 4.78 is 22.6. The van der Waals surface area contributed by atoms with Crippen molar-refractivity contribution in [2.45, 2.75) is 32.4 Å². The predicted molar refractivity (Wildman–Crippen MR) is 76.1 cm³/mol. The van der Waals surface area contributed by atoms with E-state index < -0.39 is 15.9 Å². The lowest BCUT2D eigenvalue weighted by molar-refractivity contribution is 0.165. The first kappa shape index (κ1) is 18.1. The van der Waals surface area contributed by atoms with Crippen LogP contribution in [0.2, 0.25) is 0 Å². The summed E-state index contributed by atoms with van der Waals surface area (Å²) in [6.07, 6.45) is 0.235. The van der Waals surface area contributed by atoms with Crippen LogP contribution in [0.4, 0.5) is 0 Å². The van der Waals surface area contributed by atoms with Gasteiger partial charge in [0.2, 0.25) is 0 Å². The molecule has 0 aromatic rings. The van der Waals surface area contributed by atoms with Crippen molar-refractivity contribution in [1.29, 1.82) is 0 Å². The molecule has 0 spiro atoms. The molecule has 0 aliphatic carbocycles. The average Bonchev–Trinajstić information content (AvgIpc) is 2.52. The Balaban J connectivity index is 0.00000289. The SMILES string of the molecule is CCN(CC)CCCNC1CS(=O)(=O)CC1O.Cl. The van der Waals surface area contributed by atoms with Gasteiger partial charge in [-0.15, -0.1) is 12.4 Å². The van der Waals surface area contributed by atoms with Crippen LogP contribution in [0.3, 0.4) is 0 Å². The molecule has 1 heterocycles. The summed E-state index contributed by atoms with van der Waals surface area (Å²) in [5, 5.41) is 12.7. The Labute approximate surface area is 116 Å². The summed E-state index contributed by atoms with van der Waals surface area (Å²) in [5.41, 5.74) is 0. The lowest BCUT2D eigenvalue weighted by Crippen LogP contribution is -2.40. The normalized spacial score (nSPS) is 26.2. The third kappa shape index (κ3) is 5.84. The molecular formula is C11H25ClN2O3S. The number of nitrogens with zero attached hydrogens (tertiary/aromatic N) is 1. The van der Waals surface area contributed by atoms with Crippen molar-refractivity contribution >= 4 is 22.2 Å². The first-order valence-electron chi connectivity index (χ1n) is 6.32. The molecule has 1 aliphatic heterocycles. The van der Waals surface area contributed by atoms with E-state index in [1.807, 2.05) is 0 Å². The number of nitrogens with one attached hydrogen (secondary N) is 1. The molecule has 1 rings (SSSR count). The monoisotopic (exact) mass is 300 g/mol. The maximum Gasteiger partial charge on any atom is 0.154 e. The molecule has 7 heteroatoms. The van der Waals surface area contributed by atoms with E-state index in [-0.39, 0.29) is 30.0 Å². The van der Waals surface area contributed by atoms with Gasteiger partial charge in [-0.1, -0.05) is 13.8 Å². The maximum atomic E-state index is 11.3. The number of hydrogen-bond donors (Lipinski definition) is 2. The Bertz CT molecular complexity index is 320. The van der Waals surface area contributed by atoms with Crippen molar-refractivity contribution < 1.29 is 13.5 Å². The fraction of sp³-hybridized carbons (Fsp3) is 1.00. The van der Waals surface area contributed by atoms with Crippen LogP contribution in [-0.2, 0) is 9.84 Å². The molecule has 2 N–H and O–H groups in total. The Morgan fingerprint density at radius 2 is 1.89 bits per heavy atom. The van der Waals surface area contributed by atoms with E-state index in [1.54, 1.807) is 0 Å². The second-order valence-electron chi connectivity index (χ2n) is 4.59. The molecule has 0 radical (unpaired) electrons. The molecule has 0 saturated carbocycles. The Morgan fingerprint density at radius 1 is 1.28 bits per heavy atom. The van der Waals surface area contributed by atoms with Gasteiger partial charge in [0.25, 0.3) is 0 Å². The highest BCUT2D eigenvalue weighted by atomic mass is 35.5. The number of aliphatic hydroxyl groups excluding tert-OH is 1. The molecule has 0 aromatic heterocycles. The smallest absolute Gasteiger partial charge is 0.154 e. The van der Waals surface area contributed by atoms with Gasteiger partial charge in [0, 0.05) is 6.04 Å². The fourth-order valence-electron chi connectivity index (χ4n) is 2.15. The zero-order valence-electron chi connectivity index (χ0n) is 11.1. The van der Waals surface area contributed by atoms with E-state index in [0.29, 0.717) is 0 Å². The number of hydrogen-bond acceptors (Lipinski definition) is 5. The van der Waals surface area contributed by atoms with Gasteiger partial charge in [-0.05, 0) is 32.6 Å². The van der Waals surface area contributed by atoms with E-state index in [9.17, 15) is 13.5 Å². The number of sulfone groups is 1. The van der Waals surface area contributed by atoms with Crippen LogP contribution in [0, 0.1) is 0 Å². The zero-order valence-corrected chi connectivity index (χ0v) is 12.8. The molecule has 110 valence electrons. The molecule has 0 bridgehead atoms. The van der Waals surface area contributed by atoms with Crippen LogP contribution in [0.1, 0.15) is 20.3 Å². The minimum atomic E-state index is -3.03. The molecule has 1 saturated heterocycles. The molecular weight excluding hydrogens is 276 g/mol.